The Morgan fingerprint density at radius 3 is 3.06 bits per heavy atom. The van der Waals surface area contributed by atoms with Crippen molar-refractivity contribution >= 4 is 16.9 Å². The highest BCUT2D eigenvalue weighted by Gasteiger charge is 2.20. The van der Waals surface area contributed by atoms with Crippen molar-refractivity contribution in [1.82, 2.24) is 15.3 Å². The molecule has 16 heavy (non-hydrogen) atoms. The topological polar surface area (TPSA) is 57.8 Å². The predicted molar refractivity (Wildman–Crippen MR) is 61.2 cm³/mol. The quantitative estimate of drug-likeness (QED) is 0.803. The van der Waals surface area contributed by atoms with Gasteiger partial charge in [0.25, 0.3) is 5.91 Å². The molecule has 2 aromatic rings. The van der Waals surface area contributed by atoms with Gasteiger partial charge in [0.05, 0.1) is 17.4 Å². The van der Waals surface area contributed by atoms with Crippen molar-refractivity contribution in [3.05, 3.63) is 30.1 Å². The molecular formula is C12H13N3O. The first-order chi connectivity index (χ1) is 7.83. The van der Waals surface area contributed by atoms with E-state index in [0.717, 1.165) is 23.9 Å². The molecule has 1 aromatic carbocycles. The lowest BCUT2D eigenvalue weighted by atomic mass is 9.93. The summed E-state index contributed by atoms with van der Waals surface area (Å²) in [5.41, 5.74) is 2.49. The van der Waals surface area contributed by atoms with E-state index in [0.29, 0.717) is 11.6 Å². The van der Waals surface area contributed by atoms with Crippen LogP contribution in [0.4, 0.5) is 0 Å². The summed E-state index contributed by atoms with van der Waals surface area (Å²) in [6, 6.07) is 5.90. The number of imidazole rings is 1. The molecule has 0 bridgehead atoms. The van der Waals surface area contributed by atoms with Crippen LogP contribution in [0, 0.1) is 0 Å². The maximum absolute atomic E-state index is 11.9. The Bertz CT molecular complexity index is 528. The second kappa shape index (κ2) is 3.63. The van der Waals surface area contributed by atoms with Crippen LogP contribution in [-0.2, 0) is 0 Å². The van der Waals surface area contributed by atoms with Crippen LogP contribution in [0.3, 0.4) is 0 Å². The molecule has 4 nitrogen and oxygen atoms in total. The fourth-order valence-electron chi connectivity index (χ4n) is 1.90. The van der Waals surface area contributed by atoms with Crippen molar-refractivity contribution in [1.29, 1.82) is 0 Å². The number of fused-ring (bicyclic) bond motifs is 1. The Hall–Kier alpha value is -1.84. The summed E-state index contributed by atoms with van der Waals surface area (Å²) < 4.78 is 0. The maximum Gasteiger partial charge on any atom is 0.251 e. The van der Waals surface area contributed by atoms with Crippen LogP contribution in [0.25, 0.3) is 11.0 Å². The molecule has 3 rings (SSSR count). The van der Waals surface area contributed by atoms with Gasteiger partial charge in [-0.25, -0.2) is 4.98 Å². The van der Waals surface area contributed by atoms with Crippen molar-refractivity contribution in [2.24, 2.45) is 0 Å². The van der Waals surface area contributed by atoms with Gasteiger partial charge < -0.3 is 10.3 Å². The zero-order valence-corrected chi connectivity index (χ0v) is 8.86. The number of benzene rings is 1. The van der Waals surface area contributed by atoms with Crippen molar-refractivity contribution in [3.63, 3.8) is 0 Å². The molecule has 1 amide bonds. The fourth-order valence-corrected chi connectivity index (χ4v) is 1.90. The molecule has 0 radical (unpaired) electrons. The molecule has 0 saturated heterocycles. The number of carbonyl (C=O) groups excluding carboxylic acids is 1. The minimum Gasteiger partial charge on any atom is -0.349 e. The zero-order chi connectivity index (χ0) is 11.0. The average Bonchev–Trinajstić information content (AvgIpc) is 2.69. The molecule has 0 aliphatic heterocycles. The summed E-state index contributed by atoms with van der Waals surface area (Å²) in [7, 11) is 0. The van der Waals surface area contributed by atoms with E-state index in [1.807, 2.05) is 18.2 Å². The largest absolute Gasteiger partial charge is 0.349 e. The van der Waals surface area contributed by atoms with E-state index in [1.165, 1.54) is 6.42 Å². The SMILES string of the molecule is O=C(NC1CCC1)c1ccc2nc[nH]c2c1. The summed E-state index contributed by atoms with van der Waals surface area (Å²) in [5, 5.41) is 3.02. The van der Waals surface area contributed by atoms with E-state index in [9.17, 15) is 4.79 Å². The van der Waals surface area contributed by atoms with Crippen LogP contribution in [-0.4, -0.2) is 21.9 Å². The number of nitrogens with zero attached hydrogens (tertiary/aromatic N) is 1. The van der Waals surface area contributed by atoms with Crippen LogP contribution >= 0.6 is 0 Å². The van der Waals surface area contributed by atoms with Gasteiger partial charge in [0.1, 0.15) is 0 Å². The molecule has 1 saturated carbocycles. The van der Waals surface area contributed by atoms with E-state index in [4.69, 9.17) is 0 Å². The molecule has 0 spiro atoms. The molecule has 0 unspecified atom stereocenters. The molecule has 1 aliphatic carbocycles. The van der Waals surface area contributed by atoms with Gasteiger partial charge in [-0.2, -0.15) is 0 Å². The van der Waals surface area contributed by atoms with Crippen molar-refractivity contribution in [2.45, 2.75) is 25.3 Å². The normalized spacial score (nSPS) is 16.0. The first-order valence-corrected chi connectivity index (χ1v) is 5.57. The number of aromatic nitrogens is 2. The van der Waals surface area contributed by atoms with Crippen LogP contribution < -0.4 is 5.32 Å². The molecule has 2 N–H and O–H groups in total. The van der Waals surface area contributed by atoms with Crippen LogP contribution in [0.1, 0.15) is 29.6 Å². The van der Waals surface area contributed by atoms with Gasteiger partial charge in [0, 0.05) is 11.6 Å². The van der Waals surface area contributed by atoms with E-state index in [-0.39, 0.29) is 5.91 Å². The van der Waals surface area contributed by atoms with Crippen LogP contribution in [0.15, 0.2) is 24.5 Å². The van der Waals surface area contributed by atoms with E-state index in [2.05, 4.69) is 15.3 Å². The molecule has 1 fully saturated rings. The minimum absolute atomic E-state index is 0.0150. The average molecular weight is 215 g/mol. The molecule has 1 aliphatic rings. The molecule has 82 valence electrons. The Labute approximate surface area is 93.1 Å². The number of H-pyrrole nitrogens is 1. The van der Waals surface area contributed by atoms with Crippen molar-refractivity contribution in [3.8, 4) is 0 Å². The van der Waals surface area contributed by atoms with Crippen LogP contribution in [0.5, 0.6) is 0 Å². The first-order valence-electron chi connectivity index (χ1n) is 5.57. The molecule has 1 heterocycles. The van der Waals surface area contributed by atoms with Crippen molar-refractivity contribution < 1.29 is 4.79 Å². The fraction of sp³-hybridized carbons (Fsp3) is 0.333. The summed E-state index contributed by atoms with van der Waals surface area (Å²) in [5.74, 6) is 0.0150. The Morgan fingerprint density at radius 1 is 1.44 bits per heavy atom. The lowest BCUT2D eigenvalue weighted by Gasteiger charge is -2.26. The number of amides is 1. The number of nitrogens with one attached hydrogen (secondary N) is 2. The summed E-state index contributed by atoms with van der Waals surface area (Å²) in [6.07, 6.45) is 5.08. The smallest absolute Gasteiger partial charge is 0.251 e. The minimum atomic E-state index is 0.0150. The Balaban J connectivity index is 1.83. The zero-order valence-electron chi connectivity index (χ0n) is 8.86. The number of carbonyl (C=O) groups is 1. The Kier molecular flexibility index (Phi) is 2.13. The van der Waals surface area contributed by atoms with E-state index in [1.54, 1.807) is 6.33 Å². The molecule has 1 aromatic heterocycles. The van der Waals surface area contributed by atoms with Gasteiger partial charge in [-0.3, -0.25) is 4.79 Å². The molecule has 0 atom stereocenters. The maximum atomic E-state index is 11.9. The highest BCUT2D eigenvalue weighted by atomic mass is 16.1. The number of aromatic amines is 1. The number of hydrogen-bond acceptors (Lipinski definition) is 2. The standard InChI is InChI=1S/C12H13N3O/c16-12(15-9-2-1-3-9)8-4-5-10-11(6-8)14-7-13-10/h4-7,9H,1-3H2,(H,13,14)(H,15,16). The summed E-state index contributed by atoms with van der Waals surface area (Å²) in [6.45, 7) is 0. The molecular weight excluding hydrogens is 202 g/mol. The van der Waals surface area contributed by atoms with E-state index >= 15 is 0 Å². The van der Waals surface area contributed by atoms with Gasteiger partial charge >= 0.3 is 0 Å². The van der Waals surface area contributed by atoms with Gasteiger partial charge in [-0.15, -0.1) is 0 Å². The van der Waals surface area contributed by atoms with E-state index < -0.39 is 0 Å². The van der Waals surface area contributed by atoms with Gasteiger partial charge in [-0.05, 0) is 37.5 Å². The molecule has 4 heteroatoms. The highest BCUT2D eigenvalue weighted by molar-refractivity contribution is 5.97. The summed E-state index contributed by atoms with van der Waals surface area (Å²) >= 11 is 0. The second-order valence-corrected chi connectivity index (χ2v) is 4.24. The highest BCUT2D eigenvalue weighted by Crippen LogP contribution is 2.19. The first kappa shape index (κ1) is 9.39. The predicted octanol–water partition coefficient (Wildman–Crippen LogP) is 1.85. The van der Waals surface area contributed by atoms with Crippen LogP contribution in [0.2, 0.25) is 0 Å². The third-order valence-electron chi connectivity index (χ3n) is 3.12. The second-order valence-electron chi connectivity index (χ2n) is 4.24. The van der Waals surface area contributed by atoms with Gasteiger partial charge in [-0.1, -0.05) is 0 Å². The van der Waals surface area contributed by atoms with Gasteiger partial charge in [0.15, 0.2) is 0 Å². The van der Waals surface area contributed by atoms with Gasteiger partial charge in [0.2, 0.25) is 0 Å². The monoisotopic (exact) mass is 215 g/mol. The van der Waals surface area contributed by atoms with Crippen molar-refractivity contribution in [2.75, 3.05) is 0 Å². The number of hydrogen-bond donors (Lipinski definition) is 2. The lowest BCUT2D eigenvalue weighted by molar-refractivity contribution is 0.0917. The third kappa shape index (κ3) is 1.56. The number of rotatable bonds is 2. The lowest BCUT2D eigenvalue weighted by Crippen LogP contribution is -2.39. The summed E-state index contributed by atoms with van der Waals surface area (Å²) in [4.78, 5) is 19.0. The third-order valence-corrected chi connectivity index (χ3v) is 3.12. The Morgan fingerprint density at radius 2 is 2.31 bits per heavy atom.